The average molecular weight is 397 g/mol. The Bertz CT molecular complexity index is 826. The molecule has 1 heterocycles. The summed E-state index contributed by atoms with van der Waals surface area (Å²) >= 11 is 0. The lowest BCUT2D eigenvalue weighted by Gasteiger charge is -2.29. The summed E-state index contributed by atoms with van der Waals surface area (Å²) in [6, 6.07) is 0.215. The molecule has 1 aromatic rings. The predicted octanol–water partition coefficient (Wildman–Crippen LogP) is 0.0488. The molecule has 144 valence electrons. The van der Waals surface area contributed by atoms with Crippen LogP contribution in [0.4, 0.5) is 17.6 Å². The number of alkyl halides is 3. The van der Waals surface area contributed by atoms with Crippen LogP contribution >= 0.6 is 0 Å². The Kier molecular flexibility index (Phi) is 5.56. The molecule has 2 amide bonds. The van der Waals surface area contributed by atoms with Crippen molar-refractivity contribution in [3.05, 3.63) is 35.1 Å². The Balaban J connectivity index is 2.11. The van der Waals surface area contributed by atoms with Crippen LogP contribution in [0, 0.1) is 5.82 Å². The normalized spacial score (nSPS) is 21.3. The van der Waals surface area contributed by atoms with Gasteiger partial charge in [0.2, 0.25) is 21.8 Å². The van der Waals surface area contributed by atoms with Gasteiger partial charge in [-0.1, -0.05) is 12.1 Å². The summed E-state index contributed by atoms with van der Waals surface area (Å²) in [5.74, 6) is -3.55. The van der Waals surface area contributed by atoms with E-state index in [2.05, 4.69) is 10.6 Å². The second-order valence-corrected chi connectivity index (χ2v) is 7.49. The number of nitrogens with one attached hydrogen (secondary N) is 2. The van der Waals surface area contributed by atoms with E-state index in [0.29, 0.717) is 6.07 Å². The Morgan fingerprint density at radius 2 is 1.65 bits per heavy atom. The van der Waals surface area contributed by atoms with Crippen molar-refractivity contribution in [3.8, 4) is 0 Å². The van der Waals surface area contributed by atoms with Crippen LogP contribution < -0.4 is 15.8 Å². The monoisotopic (exact) mass is 397 g/mol. The van der Waals surface area contributed by atoms with Gasteiger partial charge in [-0.05, 0) is 18.1 Å². The fourth-order valence-electron chi connectivity index (χ4n) is 2.48. The van der Waals surface area contributed by atoms with E-state index in [0.717, 1.165) is 12.1 Å². The van der Waals surface area contributed by atoms with Crippen LogP contribution in [0.2, 0.25) is 0 Å². The minimum absolute atomic E-state index is 0.263. The molecule has 1 aliphatic rings. The third-order valence-corrected chi connectivity index (χ3v) is 4.57. The largest absolute Gasteiger partial charge is 0.419 e. The first-order valence-corrected chi connectivity index (χ1v) is 9.06. The molecule has 0 radical (unpaired) electrons. The SMILES string of the molecule is NS(=O)(=O)CCC1NC(=O)C(Cc2cccc(C(F)(F)F)c2F)NC1=O. The third-order valence-electron chi connectivity index (χ3n) is 3.77. The number of piperazine rings is 1. The zero-order valence-corrected chi connectivity index (χ0v) is 14.0. The zero-order chi connectivity index (χ0) is 19.7. The summed E-state index contributed by atoms with van der Waals surface area (Å²) in [6.45, 7) is 0. The van der Waals surface area contributed by atoms with E-state index in [1.807, 2.05) is 0 Å². The summed E-state index contributed by atoms with van der Waals surface area (Å²) in [4.78, 5) is 24.0. The molecule has 2 atom stereocenters. The molecule has 7 nitrogen and oxygen atoms in total. The van der Waals surface area contributed by atoms with Crippen molar-refractivity contribution in [3.63, 3.8) is 0 Å². The molecule has 2 rings (SSSR count). The molecule has 0 saturated carbocycles. The van der Waals surface area contributed by atoms with E-state index in [1.165, 1.54) is 0 Å². The minimum atomic E-state index is -4.89. The van der Waals surface area contributed by atoms with Crippen LogP contribution in [0.15, 0.2) is 18.2 Å². The van der Waals surface area contributed by atoms with Crippen LogP contribution in [0.25, 0.3) is 0 Å². The Hall–Kier alpha value is -2.21. The lowest BCUT2D eigenvalue weighted by atomic mass is 9.99. The first kappa shape index (κ1) is 20.1. The molecular formula is C14H15F4N3O4S. The van der Waals surface area contributed by atoms with Crippen LogP contribution in [-0.4, -0.2) is 38.1 Å². The van der Waals surface area contributed by atoms with Crippen LogP contribution in [0.5, 0.6) is 0 Å². The molecule has 0 aliphatic carbocycles. The lowest BCUT2D eigenvalue weighted by molar-refractivity contribution is -0.140. The Labute approximate surface area is 146 Å². The highest BCUT2D eigenvalue weighted by Crippen LogP contribution is 2.32. The summed E-state index contributed by atoms with van der Waals surface area (Å²) in [5.41, 5.74) is -1.85. The van der Waals surface area contributed by atoms with Crippen LogP contribution in [-0.2, 0) is 32.2 Å². The van der Waals surface area contributed by atoms with E-state index in [-0.39, 0.29) is 12.0 Å². The van der Waals surface area contributed by atoms with Crippen LogP contribution in [0.1, 0.15) is 17.5 Å². The van der Waals surface area contributed by atoms with E-state index < -0.39 is 63.7 Å². The number of carbonyl (C=O) groups is 2. The molecule has 1 aromatic carbocycles. The first-order valence-electron chi connectivity index (χ1n) is 7.34. The van der Waals surface area contributed by atoms with Gasteiger partial charge in [0.25, 0.3) is 0 Å². The number of rotatable bonds is 5. The van der Waals surface area contributed by atoms with Crippen molar-refractivity contribution in [1.29, 1.82) is 0 Å². The topological polar surface area (TPSA) is 118 Å². The molecule has 1 aliphatic heterocycles. The number of sulfonamides is 1. The van der Waals surface area contributed by atoms with Gasteiger partial charge in [0, 0.05) is 6.42 Å². The van der Waals surface area contributed by atoms with Crippen molar-refractivity contribution >= 4 is 21.8 Å². The number of hydrogen-bond donors (Lipinski definition) is 3. The van der Waals surface area contributed by atoms with Crippen LogP contribution in [0.3, 0.4) is 0 Å². The minimum Gasteiger partial charge on any atom is -0.342 e. The predicted molar refractivity (Wildman–Crippen MR) is 81.6 cm³/mol. The highest BCUT2D eigenvalue weighted by molar-refractivity contribution is 7.89. The average Bonchev–Trinajstić information content (AvgIpc) is 2.49. The number of hydrogen-bond acceptors (Lipinski definition) is 4. The highest BCUT2D eigenvalue weighted by atomic mass is 32.2. The zero-order valence-electron chi connectivity index (χ0n) is 13.1. The van der Waals surface area contributed by atoms with E-state index in [4.69, 9.17) is 5.14 Å². The molecule has 26 heavy (non-hydrogen) atoms. The van der Waals surface area contributed by atoms with Gasteiger partial charge in [0.15, 0.2) is 0 Å². The van der Waals surface area contributed by atoms with Crippen molar-refractivity contribution in [2.24, 2.45) is 5.14 Å². The number of nitrogens with two attached hydrogens (primary N) is 1. The van der Waals surface area contributed by atoms with Gasteiger partial charge in [-0.25, -0.2) is 17.9 Å². The fraction of sp³-hybridized carbons (Fsp3) is 0.429. The quantitative estimate of drug-likeness (QED) is 0.609. The fourth-order valence-corrected chi connectivity index (χ4v) is 3.05. The van der Waals surface area contributed by atoms with Crippen molar-refractivity contribution in [2.45, 2.75) is 31.1 Å². The second-order valence-electron chi connectivity index (χ2n) is 5.76. The Morgan fingerprint density at radius 3 is 2.23 bits per heavy atom. The maximum atomic E-state index is 14.0. The lowest BCUT2D eigenvalue weighted by Crippen LogP contribution is -2.62. The number of primary sulfonamides is 1. The molecule has 2 unspecified atom stereocenters. The van der Waals surface area contributed by atoms with Gasteiger partial charge in [-0.2, -0.15) is 13.2 Å². The standard InChI is InChI=1S/C14H15F4N3O4S/c15-11-7(2-1-3-8(11)14(16,17)18)6-10-13(23)20-9(12(22)21-10)4-5-26(19,24)25/h1-3,9-10H,4-6H2,(H,20,23)(H,21,22)(H2,19,24,25). The summed E-state index contributed by atoms with van der Waals surface area (Å²) in [5, 5.41) is 9.33. The van der Waals surface area contributed by atoms with Gasteiger partial charge >= 0.3 is 6.18 Å². The van der Waals surface area contributed by atoms with Gasteiger partial charge in [0.1, 0.15) is 17.9 Å². The maximum Gasteiger partial charge on any atom is 0.419 e. The van der Waals surface area contributed by atoms with Crippen molar-refractivity contribution in [1.82, 2.24) is 10.6 Å². The van der Waals surface area contributed by atoms with E-state index in [9.17, 15) is 35.6 Å². The van der Waals surface area contributed by atoms with Gasteiger partial charge < -0.3 is 10.6 Å². The molecule has 4 N–H and O–H groups in total. The highest BCUT2D eigenvalue weighted by Gasteiger charge is 2.37. The molecule has 1 saturated heterocycles. The summed E-state index contributed by atoms with van der Waals surface area (Å²) < 4.78 is 74.1. The second kappa shape index (κ2) is 7.19. The Morgan fingerprint density at radius 1 is 1.08 bits per heavy atom. The number of halogens is 4. The van der Waals surface area contributed by atoms with Crippen molar-refractivity contribution in [2.75, 3.05) is 5.75 Å². The smallest absolute Gasteiger partial charge is 0.342 e. The van der Waals surface area contributed by atoms with Crippen molar-refractivity contribution < 1.29 is 35.6 Å². The number of benzene rings is 1. The molecule has 0 spiro atoms. The first-order chi connectivity index (χ1) is 11.9. The maximum absolute atomic E-state index is 14.0. The molecule has 0 aromatic heterocycles. The van der Waals surface area contributed by atoms with E-state index >= 15 is 0 Å². The third kappa shape index (κ3) is 4.91. The van der Waals surface area contributed by atoms with Gasteiger partial charge in [0.05, 0.1) is 11.3 Å². The molecular weight excluding hydrogens is 382 g/mol. The molecule has 0 bridgehead atoms. The number of amides is 2. The molecule has 1 fully saturated rings. The van der Waals surface area contributed by atoms with Gasteiger partial charge in [-0.3, -0.25) is 9.59 Å². The number of carbonyl (C=O) groups excluding carboxylic acids is 2. The van der Waals surface area contributed by atoms with E-state index in [1.54, 1.807) is 0 Å². The molecule has 12 heteroatoms. The summed E-state index contributed by atoms with van der Waals surface area (Å²) in [6.07, 6.45) is -5.65. The summed E-state index contributed by atoms with van der Waals surface area (Å²) in [7, 11) is -3.84. The van der Waals surface area contributed by atoms with Gasteiger partial charge in [-0.15, -0.1) is 0 Å².